The summed E-state index contributed by atoms with van der Waals surface area (Å²) in [5, 5.41) is 6.75. The van der Waals surface area contributed by atoms with Gasteiger partial charge in [-0.1, -0.05) is 7.87 Å². The van der Waals surface area contributed by atoms with Crippen molar-refractivity contribution in [2.24, 2.45) is 0 Å². The molecular weight excluding hydrogens is 88.0 g/mol. The largest absolute Gasteiger partial charge is 0.284 e. The Morgan fingerprint density at radius 3 is 2.25 bits per heavy atom. The van der Waals surface area contributed by atoms with E-state index in [1.807, 2.05) is 0 Å². The van der Waals surface area contributed by atoms with Crippen LogP contribution in [0.2, 0.25) is 0 Å². The van der Waals surface area contributed by atoms with Gasteiger partial charge in [-0.25, -0.2) is 0 Å². The van der Waals surface area contributed by atoms with Crippen LogP contribution in [0.4, 0.5) is 0 Å². The van der Waals surface area contributed by atoms with Gasteiger partial charge in [0.25, 0.3) is 0 Å². The van der Waals surface area contributed by atoms with Crippen LogP contribution in [0, 0.1) is 5.16 Å². The maximum Gasteiger partial charge on any atom is 0.0528 e. The molecule has 0 aromatic rings. The second kappa shape index (κ2) is 0.672. The smallest absolute Gasteiger partial charge is 0.0528 e. The number of hydrogen-bond donors (Lipinski definition) is 1. The fraction of sp³-hybridized carbons (Fsp3) is 1.00. The molecule has 1 aliphatic heterocycles. The summed E-state index contributed by atoms with van der Waals surface area (Å²) in [5.41, 5.74) is 0. The van der Waals surface area contributed by atoms with Gasteiger partial charge < -0.3 is 0 Å². The summed E-state index contributed by atoms with van der Waals surface area (Å²) in [6, 6.07) is 0. The molecule has 1 nitrogen and oxygen atoms in total. The molecule has 3 heteroatoms. The first-order valence-electron chi connectivity index (χ1n) is 1.06. The quantitative estimate of drug-likeness (QED) is 0.441. The van der Waals surface area contributed by atoms with Gasteiger partial charge in [0, 0.05) is 0 Å². The molecule has 0 saturated carbocycles. The van der Waals surface area contributed by atoms with E-state index >= 15 is 0 Å². The van der Waals surface area contributed by atoms with Crippen molar-refractivity contribution in [1.29, 1.82) is 5.16 Å². The lowest BCUT2D eigenvalue weighted by molar-refractivity contribution is 1.64. The fourth-order valence-electron chi connectivity index (χ4n) is 0.0316. The minimum Gasteiger partial charge on any atom is -0.284 e. The molecule has 1 N–H and O–H groups in total. The summed E-state index contributed by atoms with van der Waals surface area (Å²) in [6.45, 7) is 0. The summed E-state index contributed by atoms with van der Waals surface area (Å²) in [4.78, 5) is 0. The Labute approximate surface area is 26.9 Å². The first kappa shape index (κ1) is 2.63. The van der Waals surface area contributed by atoms with Crippen LogP contribution >= 0.6 is 14.9 Å². The molecule has 1 aliphatic rings. The van der Waals surface area contributed by atoms with Crippen LogP contribution in [0.3, 0.4) is 0 Å². The van der Waals surface area contributed by atoms with Gasteiger partial charge in [-0.3, -0.25) is 5.16 Å². The van der Waals surface area contributed by atoms with E-state index < -0.39 is 0 Å². The van der Waals surface area contributed by atoms with Crippen molar-refractivity contribution in [1.82, 2.24) is 0 Å². The Kier molecular flexibility index (Phi) is 0.441. The van der Waals surface area contributed by atoms with Gasteiger partial charge in [0.2, 0.25) is 0 Å². The van der Waals surface area contributed by atoms with Crippen LogP contribution in [-0.4, -0.2) is 5.90 Å². The van der Waals surface area contributed by atoms with E-state index in [1.54, 1.807) is 0 Å². The Hall–Kier alpha value is 0.400. The van der Waals surface area contributed by atoms with Gasteiger partial charge in [-0.2, -0.15) is 0 Å². The second-order valence-electron chi connectivity index (χ2n) is 0.682. The maximum absolute atomic E-state index is 6.75. The Morgan fingerprint density at radius 1 is 2.00 bits per heavy atom. The highest BCUT2D eigenvalue weighted by Gasteiger charge is 1.89. The maximum atomic E-state index is 6.75. The molecule has 1 heterocycles. The van der Waals surface area contributed by atoms with E-state index in [2.05, 4.69) is 0 Å². The minimum absolute atomic E-state index is 0.148. The molecule has 0 saturated heterocycles. The molecule has 0 amide bonds. The third kappa shape index (κ3) is 0.407. The van der Waals surface area contributed by atoms with Gasteiger partial charge in [0.05, 0.1) is 5.90 Å². The standard InChI is InChI=1S/CH3NP2/c2-4-1-3-4/h2H,1H2. The Bertz CT molecular complexity index is 88.2. The summed E-state index contributed by atoms with van der Waals surface area (Å²) >= 11 is 0. The lowest BCUT2D eigenvalue weighted by Gasteiger charge is -1.27. The number of nitrogens with one attached hydrogen (secondary N) is 1. The Balaban J connectivity index is 3.14. The lowest BCUT2D eigenvalue weighted by Crippen LogP contribution is -1.05. The Morgan fingerprint density at radius 2 is 2.25 bits per heavy atom. The van der Waals surface area contributed by atoms with Crippen LogP contribution in [0.25, 0.3) is 0 Å². The zero-order chi connectivity index (χ0) is 2.99. The van der Waals surface area contributed by atoms with Crippen LogP contribution < -0.4 is 0 Å². The van der Waals surface area contributed by atoms with Crippen LogP contribution in [0.5, 0.6) is 0 Å². The molecule has 1 rings (SSSR count). The highest BCUT2D eigenvalue weighted by Crippen LogP contribution is 2.44. The van der Waals surface area contributed by atoms with Crippen molar-refractivity contribution in [3.8, 4) is 0 Å². The summed E-state index contributed by atoms with van der Waals surface area (Å²) in [5.74, 6) is 1.19. The van der Waals surface area contributed by atoms with E-state index in [0.717, 1.165) is 0 Å². The van der Waals surface area contributed by atoms with Crippen LogP contribution in [0.1, 0.15) is 0 Å². The molecule has 4 heavy (non-hydrogen) atoms. The molecule has 0 radical (unpaired) electrons. The van der Waals surface area contributed by atoms with Crippen LogP contribution in [0.15, 0.2) is 0 Å². The number of rotatable bonds is 0. The molecule has 1 unspecified atom stereocenters. The van der Waals surface area contributed by atoms with Crippen molar-refractivity contribution < 1.29 is 0 Å². The second-order valence-corrected chi connectivity index (χ2v) is 5.19. The lowest BCUT2D eigenvalue weighted by atomic mass is 11.9. The molecular formula is CH3NP2. The molecule has 0 aliphatic carbocycles. The van der Waals surface area contributed by atoms with E-state index in [-0.39, 0.29) is 7.00 Å². The molecule has 0 fully saturated rings. The summed E-state index contributed by atoms with van der Waals surface area (Å²) < 4.78 is 0. The predicted molar refractivity (Wildman–Crippen MR) is 21.4 cm³/mol. The van der Waals surface area contributed by atoms with Gasteiger partial charge in [-0.15, -0.1) is 0 Å². The fourth-order valence-corrected chi connectivity index (χ4v) is 0.854. The average molecular weight is 91.0 g/mol. The van der Waals surface area contributed by atoms with Gasteiger partial charge in [0.1, 0.15) is 0 Å². The highest BCUT2D eigenvalue weighted by molar-refractivity contribution is 8.05. The third-order valence-electron chi connectivity index (χ3n) is 0.283. The van der Waals surface area contributed by atoms with Gasteiger partial charge in [0.15, 0.2) is 0 Å². The molecule has 1 atom stereocenters. The van der Waals surface area contributed by atoms with Crippen molar-refractivity contribution in [2.75, 3.05) is 5.90 Å². The van der Waals surface area contributed by atoms with E-state index in [9.17, 15) is 0 Å². The first-order valence-corrected chi connectivity index (χ1v) is 4.37. The van der Waals surface area contributed by atoms with Gasteiger partial charge in [-0.05, 0) is 7.00 Å². The molecule has 0 aromatic heterocycles. The zero-order valence-corrected chi connectivity index (χ0v) is 3.89. The zero-order valence-electron chi connectivity index (χ0n) is 2.10. The van der Waals surface area contributed by atoms with Crippen LogP contribution in [-0.2, 0) is 0 Å². The molecule has 0 bridgehead atoms. The minimum atomic E-state index is -0.148. The SMILES string of the molecule is N=P1=PC1. The van der Waals surface area contributed by atoms with Crippen molar-refractivity contribution >= 4 is 14.9 Å². The van der Waals surface area contributed by atoms with Crippen molar-refractivity contribution in [3.63, 3.8) is 0 Å². The van der Waals surface area contributed by atoms with E-state index in [0.29, 0.717) is 0 Å². The first-order chi connectivity index (χ1) is 1.89. The normalized spacial score (nSPS) is 32.5. The average Bonchev–Trinajstić information content (AvgIpc) is 1.75. The monoisotopic (exact) mass is 91.0 g/mol. The summed E-state index contributed by atoms with van der Waals surface area (Å²) in [7, 11) is 1.25. The third-order valence-corrected chi connectivity index (χ3v) is 2.55. The highest BCUT2D eigenvalue weighted by atomic mass is 31.8. The van der Waals surface area contributed by atoms with Crippen molar-refractivity contribution in [2.45, 2.75) is 0 Å². The van der Waals surface area contributed by atoms with E-state index in [4.69, 9.17) is 5.16 Å². The van der Waals surface area contributed by atoms with E-state index in [1.165, 1.54) is 13.8 Å². The van der Waals surface area contributed by atoms with Gasteiger partial charge >= 0.3 is 0 Å². The van der Waals surface area contributed by atoms with Crippen molar-refractivity contribution in [3.05, 3.63) is 0 Å². The number of hydrogen-bond acceptors (Lipinski definition) is 1. The summed E-state index contributed by atoms with van der Waals surface area (Å²) in [6.07, 6.45) is 0. The molecule has 0 aromatic carbocycles. The molecule has 22 valence electrons. The topological polar surface area (TPSA) is 23.9 Å². The predicted octanol–water partition coefficient (Wildman–Crippen LogP) is 2.06. The molecule has 0 spiro atoms.